The molecular weight excluding hydrogens is 260 g/mol. The first-order chi connectivity index (χ1) is 9.52. The van der Waals surface area contributed by atoms with Gasteiger partial charge in [-0.2, -0.15) is 0 Å². The van der Waals surface area contributed by atoms with Crippen LogP contribution in [0.2, 0.25) is 0 Å². The molecule has 1 aromatic rings. The van der Waals surface area contributed by atoms with Crippen molar-refractivity contribution >= 4 is 17.7 Å². The van der Waals surface area contributed by atoms with Gasteiger partial charge in [0.2, 0.25) is 0 Å². The first-order valence-electron chi connectivity index (χ1n) is 6.44. The smallest absolute Gasteiger partial charge is 0.317 e. The van der Waals surface area contributed by atoms with Gasteiger partial charge in [-0.1, -0.05) is 13.0 Å². The van der Waals surface area contributed by atoms with E-state index in [1.807, 2.05) is 13.8 Å². The summed E-state index contributed by atoms with van der Waals surface area (Å²) in [5.41, 5.74) is 5.17. The lowest BCUT2D eigenvalue weighted by Crippen LogP contribution is -2.45. The number of hydrazine groups is 1. The van der Waals surface area contributed by atoms with Gasteiger partial charge in [0.1, 0.15) is 5.82 Å². The Bertz CT molecular complexity index is 439. The molecule has 0 radical (unpaired) electrons. The normalized spacial score (nSPS) is 11.9. The van der Waals surface area contributed by atoms with Gasteiger partial charge in [0.25, 0.3) is 5.91 Å². The number of aromatic nitrogens is 1. The molecule has 0 bridgehead atoms. The summed E-state index contributed by atoms with van der Waals surface area (Å²) >= 11 is 0. The highest BCUT2D eigenvalue weighted by Crippen LogP contribution is 2.03. The number of hydrogen-bond donors (Lipinski definition) is 3. The number of amides is 1. The number of aliphatic carboxylic acids is 1. The third kappa shape index (κ3) is 5.66. The first kappa shape index (κ1) is 15.9. The molecule has 0 aliphatic rings. The van der Waals surface area contributed by atoms with Gasteiger partial charge >= 0.3 is 5.97 Å². The van der Waals surface area contributed by atoms with Gasteiger partial charge in [-0.3, -0.25) is 25.3 Å². The second kappa shape index (κ2) is 8.11. The molecule has 7 heteroatoms. The fraction of sp³-hybridized carbons (Fsp3) is 0.462. The van der Waals surface area contributed by atoms with Crippen LogP contribution < -0.4 is 10.9 Å². The minimum atomic E-state index is -0.948. The molecule has 1 rings (SSSR count). The zero-order valence-corrected chi connectivity index (χ0v) is 11.7. The van der Waals surface area contributed by atoms with Gasteiger partial charge < -0.3 is 5.11 Å². The molecule has 1 atom stereocenters. The van der Waals surface area contributed by atoms with E-state index >= 15 is 0 Å². The highest BCUT2D eigenvalue weighted by atomic mass is 16.4. The van der Waals surface area contributed by atoms with Crippen LogP contribution in [-0.4, -0.2) is 46.0 Å². The molecule has 1 unspecified atom stereocenters. The molecule has 1 amide bonds. The molecular formula is C13H20N4O3. The summed E-state index contributed by atoms with van der Waals surface area (Å²) in [4.78, 5) is 28.2. The van der Waals surface area contributed by atoms with E-state index in [4.69, 9.17) is 5.11 Å². The number of rotatable bonds is 8. The zero-order chi connectivity index (χ0) is 15.0. The molecule has 0 aromatic carbocycles. The van der Waals surface area contributed by atoms with E-state index in [-0.39, 0.29) is 25.0 Å². The lowest BCUT2D eigenvalue weighted by atomic mass is 10.2. The number of carbonyl (C=O) groups is 2. The molecule has 1 aromatic heterocycles. The predicted octanol–water partition coefficient (Wildman–Crippen LogP) is 0.710. The maximum atomic E-state index is 11.8. The average molecular weight is 280 g/mol. The maximum absolute atomic E-state index is 11.8. The van der Waals surface area contributed by atoms with Crippen LogP contribution in [0.4, 0.5) is 5.82 Å². The fourth-order valence-corrected chi connectivity index (χ4v) is 1.59. The van der Waals surface area contributed by atoms with Crippen molar-refractivity contribution in [1.29, 1.82) is 0 Å². The predicted molar refractivity (Wildman–Crippen MR) is 75.0 cm³/mol. The summed E-state index contributed by atoms with van der Waals surface area (Å²) in [6.45, 7) is 3.69. The van der Waals surface area contributed by atoms with Crippen molar-refractivity contribution in [2.75, 3.05) is 18.5 Å². The monoisotopic (exact) mass is 280 g/mol. The minimum Gasteiger partial charge on any atom is -0.480 e. The second-order valence-electron chi connectivity index (χ2n) is 4.44. The van der Waals surface area contributed by atoms with Gasteiger partial charge in [0, 0.05) is 12.2 Å². The molecule has 0 spiro atoms. The molecule has 0 fully saturated rings. The number of carboxylic acid groups (broad SMARTS) is 1. The topological polar surface area (TPSA) is 94.6 Å². The number of carbonyl (C=O) groups excluding carboxylic acids is 1. The standard InChI is InChI=1S/C13H20N4O3/c1-3-10(2)17(9-13(19)20)8-12(18)16-15-11-6-4-5-7-14-11/h4-7,10H,3,8-9H2,1-2H3,(H,14,15)(H,16,18)(H,19,20). The van der Waals surface area contributed by atoms with Crippen LogP contribution in [0.25, 0.3) is 0 Å². The largest absolute Gasteiger partial charge is 0.480 e. The fourth-order valence-electron chi connectivity index (χ4n) is 1.59. The molecule has 0 aliphatic carbocycles. The number of carboxylic acids is 1. The van der Waals surface area contributed by atoms with Crippen LogP contribution in [0.1, 0.15) is 20.3 Å². The number of nitrogens with zero attached hydrogens (tertiary/aromatic N) is 2. The summed E-state index contributed by atoms with van der Waals surface area (Å²) in [7, 11) is 0. The molecule has 110 valence electrons. The van der Waals surface area contributed by atoms with Crippen molar-refractivity contribution in [1.82, 2.24) is 15.3 Å². The van der Waals surface area contributed by atoms with Crippen molar-refractivity contribution in [3.05, 3.63) is 24.4 Å². The Hall–Kier alpha value is -2.15. The summed E-state index contributed by atoms with van der Waals surface area (Å²) < 4.78 is 0. The molecule has 0 saturated carbocycles. The second-order valence-corrected chi connectivity index (χ2v) is 4.44. The average Bonchev–Trinajstić information content (AvgIpc) is 2.44. The zero-order valence-electron chi connectivity index (χ0n) is 11.7. The van der Waals surface area contributed by atoms with Crippen LogP contribution in [0, 0.1) is 0 Å². The Morgan fingerprint density at radius 3 is 2.70 bits per heavy atom. The van der Waals surface area contributed by atoms with Crippen LogP contribution in [0.3, 0.4) is 0 Å². The van der Waals surface area contributed by atoms with E-state index in [1.165, 1.54) is 0 Å². The van der Waals surface area contributed by atoms with Crippen molar-refractivity contribution < 1.29 is 14.7 Å². The lowest BCUT2D eigenvalue weighted by molar-refractivity contribution is -0.139. The van der Waals surface area contributed by atoms with E-state index < -0.39 is 5.97 Å². The maximum Gasteiger partial charge on any atom is 0.317 e. The Kier molecular flexibility index (Phi) is 6.45. The highest BCUT2D eigenvalue weighted by Gasteiger charge is 2.18. The third-order valence-electron chi connectivity index (χ3n) is 2.89. The van der Waals surface area contributed by atoms with E-state index in [0.717, 1.165) is 6.42 Å². The highest BCUT2D eigenvalue weighted by molar-refractivity contribution is 5.80. The summed E-state index contributed by atoms with van der Waals surface area (Å²) in [5, 5.41) is 8.85. The van der Waals surface area contributed by atoms with E-state index in [0.29, 0.717) is 5.82 Å². The number of hydrogen-bond acceptors (Lipinski definition) is 5. The van der Waals surface area contributed by atoms with Gasteiger partial charge in [-0.15, -0.1) is 0 Å². The number of anilines is 1. The Morgan fingerprint density at radius 1 is 1.40 bits per heavy atom. The Balaban J connectivity index is 2.47. The van der Waals surface area contributed by atoms with Gasteiger partial charge in [-0.05, 0) is 25.5 Å². The van der Waals surface area contributed by atoms with Crippen molar-refractivity contribution in [3.8, 4) is 0 Å². The molecule has 7 nitrogen and oxygen atoms in total. The van der Waals surface area contributed by atoms with Crippen LogP contribution >= 0.6 is 0 Å². The van der Waals surface area contributed by atoms with E-state index in [2.05, 4.69) is 15.8 Å². The lowest BCUT2D eigenvalue weighted by Gasteiger charge is -2.25. The van der Waals surface area contributed by atoms with Gasteiger partial charge in [0.05, 0.1) is 13.1 Å². The Labute approximate surface area is 118 Å². The molecule has 0 aliphatic heterocycles. The third-order valence-corrected chi connectivity index (χ3v) is 2.89. The van der Waals surface area contributed by atoms with E-state index in [1.54, 1.807) is 29.3 Å². The summed E-state index contributed by atoms with van der Waals surface area (Å²) in [6, 6.07) is 5.29. The summed E-state index contributed by atoms with van der Waals surface area (Å²) in [6.07, 6.45) is 2.37. The minimum absolute atomic E-state index is 0.0150. The van der Waals surface area contributed by atoms with Crippen molar-refractivity contribution in [3.63, 3.8) is 0 Å². The van der Waals surface area contributed by atoms with Gasteiger partial charge in [-0.25, -0.2) is 4.98 Å². The number of nitrogens with one attached hydrogen (secondary N) is 2. The van der Waals surface area contributed by atoms with Gasteiger partial charge in [0.15, 0.2) is 0 Å². The van der Waals surface area contributed by atoms with Crippen molar-refractivity contribution in [2.24, 2.45) is 0 Å². The molecule has 0 saturated heterocycles. The molecule has 1 heterocycles. The van der Waals surface area contributed by atoms with Crippen molar-refractivity contribution in [2.45, 2.75) is 26.3 Å². The van der Waals surface area contributed by atoms with E-state index in [9.17, 15) is 9.59 Å². The molecule has 20 heavy (non-hydrogen) atoms. The summed E-state index contributed by atoms with van der Waals surface area (Å²) in [5.74, 6) is -0.734. The van der Waals surface area contributed by atoms with Crippen LogP contribution in [-0.2, 0) is 9.59 Å². The Morgan fingerprint density at radius 2 is 2.15 bits per heavy atom. The van der Waals surface area contributed by atoms with Crippen LogP contribution in [0.15, 0.2) is 24.4 Å². The first-order valence-corrected chi connectivity index (χ1v) is 6.44. The SMILES string of the molecule is CCC(C)N(CC(=O)O)CC(=O)NNc1ccccn1. The quantitative estimate of drug-likeness (QED) is 0.607. The van der Waals surface area contributed by atoms with Crippen LogP contribution in [0.5, 0.6) is 0 Å². The number of pyridine rings is 1. The molecule has 3 N–H and O–H groups in total.